The summed E-state index contributed by atoms with van der Waals surface area (Å²) in [5, 5.41) is 0. The van der Waals surface area contributed by atoms with Crippen molar-refractivity contribution in [3.05, 3.63) is 24.3 Å². The second kappa shape index (κ2) is 11.4. The van der Waals surface area contributed by atoms with Gasteiger partial charge in [0.15, 0.2) is 0 Å². The molecule has 1 aromatic carbocycles. The van der Waals surface area contributed by atoms with Gasteiger partial charge in [-0.2, -0.15) is 74.6 Å². The summed E-state index contributed by atoms with van der Waals surface area (Å²) in [6, 6.07) is 3.84. The normalized spacial score (nSPS) is 16.1. The molecule has 0 saturated heterocycles. The van der Waals surface area contributed by atoms with Gasteiger partial charge in [0.05, 0.1) is 6.61 Å². The molecule has 1 rings (SSSR count). The summed E-state index contributed by atoms with van der Waals surface area (Å²) < 4.78 is 239. The lowest BCUT2D eigenvalue weighted by Gasteiger charge is -2.42. The second-order valence-electron chi connectivity index (χ2n) is 7.79. The molecule has 2 nitrogen and oxygen atoms in total. The zero-order chi connectivity index (χ0) is 32.9. The summed E-state index contributed by atoms with van der Waals surface area (Å²) >= 11 is 16.2. The van der Waals surface area contributed by atoms with Crippen LogP contribution in [0.25, 0.3) is 0 Å². The standard InChI is InChI=1S/C18H10Cl3F17O2S/c19-18(20,21)41(39)9-4-2-8(3-5-9)40-7-1-6-10(22,23)11(24,25)12(26,27)13(28,29)14(30,31)15(32,33)16(34,35)17(36,37)38/h2-5H,1,6-7H2/i18+1. The van der Waals surface area contributed by atoms with Crippen LogP contribution in [0.4, 0.5) is 74.6 Å². The molecule has 23 heteroatoms. The van der Waals surface area contributed by atoms with Crippen LogP contribution in [0, 0.1) is 0 Å². The summed E-state index contributed by atoms with van der Waals surface area (Å²) in [7, 11) is -2.25. The zero-order valence-corrected chi connectivity index (χ0v) is 21.8. The van der Waals surface area contributed by atoms with E-state index in [1.165, 1.54) is 0 Å². The molecule has 0 amide bonds. The number of ether oxygens (including phenoxy) is 1. The third kappa shape index (κ3) is 6.53. The highest BCUT2D eigenvalue weighted by molar-refractivity contribution is 7.91. The highest BCUT2D eigenvalue weighted by atomic mass is 35.6. The van der Waals surface area contributed by atoms with E-state index < -0.39 is 81.0 Å². The Morgan fingerprint density at radius 2 is 0.951 bits per heavy atom. The first kappa shape index (κ1) is 37.9. The first-order chi connectivity index (χ1) is 17.8. The summed E-state index contributed by atoms with van der Waals surface area (Å²) in [5.74, 6) is -56.9. The Morgan fingerprint density at radius 3 is 1.32 bits per heavy atom. The van der Waals surface area contributed by atoms with Crippen LogP contribution in [0.5, 0.6) is 5.75 Å². The largest absolute Gasteiger partial charge is 0.494 e. The van der Waals surface area contributed by atoms with Gasteiger partial charge in [0, 0.05) is 11.3 Å². The topological polar surface area (TPSA) is 26.3 Å². The molecule has 240 valence electrons. The van der Waals surface area contributed by atoms with Gasteiger partial charge in [-0.3, -0.25) is 0 Å². The lowest BCUT2D eigenvalue weighted by atomic mass is 9.88. The molecular weight excluding hydrogens is 711 g/mol. The maximum Gasteiger partial charge on any atom is 0.460 e. The quantitative estimate of drug-likeness (QED) is 0.0932. The molecule has 0 bridgehead atoms. The molecule has 41 heavy (non-hydrogen) atoms. The van der Waals surface area contributed by atoms with Gasteiger partial charge in [0.25, 0.3) is 3.12 Å². The van der Waals surface area contributed by atoms with Gasteiger partial charge in [0.1, 0.15) is 16.5 Å². The van der Waals surface area contributed by atoms with Crippen molar-refractivity contribution in [1.82, 2.24) is 0 Å². The maximum atomic E-state index is 13.9. The molecule has 1 aromatic rings. The van der Waals surface area contributed by atoms with Gasteiger partial charge in [-0.15, -0.1) is 0 Å². The molecule has 1 atom stereocenters. The van der Waals surface area contributed by atoms with E-state index in [1.807, 2.05) is 0 Å². The average molecular weight is 721 g/mol. The Kier molecular flexibility index (Phi) is 10.5. The first-order valence-electron chi connectivity index (χ1n) is 9.77. The lowest BCUT2D eigenvalue weighted by Crippen LogP contribution is -2.74. The van der Waals surface area contributed by atoms with Crippen molar-refractivity contribution >= 4 is 45.6 Å². The number of rotatable bonds is 12. The van der Waals surface area contributed by atoms with Crippen LogP contribution in [0.2, 0.25) is 0 Å². The summed E-state index contributed by atoms with van der Waals surface area (Å²) in [6.07, 6.45) is -11.9. The predicted octanol–water partition coefficient (Wildman–Crippen LogP) is 9.29. The predicted molar refractivity (Wildman–Crippen MR) is 109 cm³/mol. The van der Waals surface area contributed by atoms with E-state index in [9.17, 15) is 78.8 Å². The minimum Gasteiger partial charge on any atom is -0.494 e. The van der Waals surface area contributed by atoms with Crippen molar-refractivity contribution in [1.29, 1.82) is 0 Å². The molecule has 0 N–H and O–H groups in total. The van der Waals surface area contributed by atoms with Crippen LogP contribution in [0.1, 0.15) is 12.8 Å². The van der Waals surface area contributed by atoms with Crippen LogP contribution >= 0.6 is 34.8 Å². The van der Waals surface area contributed by atoms with Gasteiger partial charge in [-0.1, -0.05) is 34.8 Å². The number of hydrogen-bond donors (Lipinski definition) is 0. The van der Waals surface area contributed by atoms with Crippen molar-refractivity contribution in [2.75, 3.05) is 6.61 Å². The highest BCUT2D eigenvalue weighted by Crippen LogP contribution is 2.64. The van der Waals surface area contributed by atoms with E-state index in [0.717, 1.165) is 24.3 Å². The summed E-state index contributed by atoms with van der Waals surface area (Å²) in [5.41, 5.74) is 0. The van der Waals surface area contributed by atoms with E-state index in [0.29, 0.717) is 0 Å². The van der Waals surface area contributed by atoms with Crippen LogP contribution in [0.15, 0.2) is 29.2 Å². The molecular formula is C18H10Cl3F17O2S. The van der Waals surface area contributed by atoms with Crippen molar-refractivity contribution in [2.24, 2.45) is 0 Å². The van der Waals surface area contributed by atoms with Crippen LogP contribution in [0.3, 0.4) is 0 Å². The Morgan fingerprint density at radius 1 is 0.585 bits per heavy atom. The molecule has 0 heterocycles. The second-order valence-corrected chi connectivity index (χ2v) is 12.4. The fraction of sp³-hybridized carbons (Fsp3) is 0.667. The molecule has 0 aliphatic heterocycles. The lowest BCUT2D eigenvalue weighted by molar-refractivity contribution is -0.461. The number of benzene rings is 1. The number of hydrogen-bond acceptors (Lipinski definition) is 2. The van der Waals surface area contributed by atoms with Crippen molar-refractivity contribution in [3.63, 3.8) is 0 Å². The van der Waals surface area contributed by atoms with Gasteiger partial charge < -0.3 is 4.74 Å². The molecule has 0 spiro atoms. The smallest absolute Gasteiger partial charge is 0.460 e. The van der Waals surface area contributed by atoms with Crippen LogP contribution < -0.4 is 4.74 Å². The van der Waals surface area contributed by atoms with Crippen LogP contribution in [-0.4, -0.2) is 61.6 Å². The minimum absolute atomic E-state index is 0.137. The zero-order valence-electron chi connectivity index (χ0n) is 18.7. The Hall–Kier alpha value is -1.15. The van der Waals surface area contributed by atoms with E-state index in [4.69, 9.17) is 39.5 Å². The third-order valence-electron chi connectivity index (χ3n) is 4.94. The van der Waals surface area contributed by atoms with Gasteiger partial charge in [0.2, 0.25) is 0 Å². The Balaban J connectivity index is 3.14. The fourth-order valence-corrected chi connectivity index (χ4v) is 4.08. The molecule has 1 unspecified atom stereocenters. The first-order valence-corrected chi connectivity index (χ1v) is 12.1. The van der Waals surface area contributed by atoms with E-state index >= 15 is 0 Å². The van der Waals surface area contributed by atoms with Gasteiger partial charge >= 0.3 is 47.6 Å². The van der Waals surface area contributed by atoms with Gasteiger partial charge in [-0.05, 0) is 30.7 Å². The summed E-state index contributed by atoms with van der Waals surface area (Å²) in [4.78, 5) is -0.137. The molecule has 0 saturated carbocycles. The van der Waals surface area contributed by atoms with Crippen molar-refractivity contribution in [2.45, 2.75) is 68.5 Å². The summed E-state index contributed by atoms with van der Waals surface area (Å²) in [6.45, 7) is -1.13. The molecule has 0 radical (unpaired) electrons. The third-order valence-corrected chi connectivity index (χ3v) is 7.32. The molecule has 0 aliphatic rings. The highest BCUT2D eigenvalue weighted by Gasteiger charge is 2.95. The van der Waals surface area contributed by atoms with Crippen molar-refractivity contribution in [3.8, 4) is 5.75 Å². The Bertz CT molecular complexity index is 1090. The van der Waals surface area contributed by atoms with E-state index in [-0.39, 0.29) is 10.6 Å². The monoisotopic (exact) mass is 719 g/mol. The van der Waals surface area contributed by atoms with Crippen molar-refractivity contribution < 1.29 is 83.6 Å². The minimum atomic E-state index is -8.67. The fourth-order valence-electron chi connectivity index (χ4n) is 2.63. The average Bonchev–Trinajstić information content (AvgIpc) is 2.79. The maximum absolute atomic E-state index is 13.9. The molecule has 0 fully saturated rings. The van der Waals surface area contributed by atoms with E-state index in [1.54, 1.807) is 0 Å². The van der Waals surface area contributed by atoms with E-state index in [2.05, 4.69) is 0 Å². The molecule has 0 aromatic heterocycles. The SMILES string of the molecule is O=S(c1ccc(OCCCC(F)(F)C(F)(F)C(F)(F)C(F)(F)C(F)(F)C(F)(F)C(F)(F)C(F)(F)F)cc1)[13C](Cl)(Cl)Cl. The number of halogens is 20. The molecule has 0 aliphatic carbocycles. The Labute approximate surface area is 234 Å². The number of alkyl halides is 20. The van der Waals surface area contributed by atoms with Crippen LogP contribution in [-0.2, 0) is 10.8 Å². The van der Waals surface area contributed by atoms with Gasteiger partial charge in [-0.25, -0.2) is 4.21 Å².